The molecule has 2 aromatic rings. The van der Waals surface area contributed by atoms with E-state index in [0.717, 1.165) is 57.6 Å². The number of hydrogen-bond donors (Lipinski definition) is 0. The van der Waals surface area contributed by atoms with E-state index in [1.54, 1.807) is 43.7 Å². The number of ether oxygens (including phenoxy) is 2. The molecule has 0 aliphatic carbocycles. The van der Waals surface area contributed by atoms with Crippen LogP contribution in [-0.2, 0) is 32.6 Å². The molecule has 0 radical (unpaired) electrons. The highest BCUT2D eigenvalue weighted by atomic mass is 32.2. The third-order valence-electron chi connectivity index (χ3n) is 8.32. The molecule has 1 unspecified atom stereocenters. The summed E-state index contributed by atoms with van der Waals surface area (Å²) in [6, 6.07) is 3.67. The first-order valence-corrected chi connectivity index (χ1v) is 15.3. The van der Waals surface area contributed by atoms with Gasteiger partial charge in [0.15, 0.2) is 0 Å². The van der Waals surface area contributed by atoms with E-state index in [9.17, 15) is 13.2 Å². The van der Waals surface area contributed by atoms with Crippen molar-refractivity contribution >= 4 is 15.9 Å². The lowest BCUT2D eigenvalue weighted by atomic mass is 10.0. The van der Waals surface area contributed by atoms with E-state index >= 15 is 0 Å². The standard InChI is InChI=1S/C27H40N6O5S/c1-20-14-24(37-3)15-21(2)27(20)39(35,36)33-9-5-4-6-23(33)17-38-18-26(34)30-10-7-22(8-11-30)31-12-13-32-25(16-31)28-19-29-32/h14-15,19,22-23H,4-13,16-18H2,1-3H3. The first-order chi connectivity index (χ1) is 18.8. The van der Waals surface area contributed by atoms with E-state index < -0.39 is 10.0 Å². The molecule has 3 aliphatic heterocycles. The van der Waals surface area contributed by atoms with Crippen LogP contribution >= 0.6 is 0 Å². The van der Waals surface area contributed by atoms with E-state index in [1.165, 1.54) is 0 Å². The van der Waals surface area contributed by atoms with Gasteiger partial charge in [-0.3, -0.25) is 9.69 Å². The van der Waals surface area contributed by atoms with E-state index in [0.29, 0.717) is 47.4 Å². The van der Waals surface area contributed by atoms with Crippen molar-refractivity contribution in [3.05, 3.63) is 35.4 Å². The Kier molecular flexibility index (Phi) is 8.55. The second-order valence-corrected chi connectivity index (χ2v) is 12.7. The van der Waals surface area contributed by atoms with Crippen LogP contribution in [0.1, 0.15) is 49.1 Å². The van der Waals surface area contributed by atoms with E-state index in [4.69, 9.17) is 9.47 Å². The van der Waals surface area contributed by atoms with Crippen LogP contribution in [0.4, 0.5) is 0 Å². The van der Waals surface area contributed by atoms with Crippen LogP contribution in [0, 0.1) is 13.8 Å². The molecular formula is C27H40N6O5S. The number of nitrogens with zero attached hydrogens (tertiary/aromatic N) is 6. The summed E-state index contributed by atoms with van der Waals surface area (Å²) in [5.41, 5.74) is 1.34. The van der Waals surface area contributed by atoms with E-state index in [1.807, 2.05) is 9.58 Å². The summed E-state index contributed by atoms with van der Waals surface area (Å²) >= 11 is 0. The van der Waals surface area contributed by atoms with E-state index in [2.05, 4.69) is 15.0 Å². The van der Waals surface area contributed by atoms with Crippen molar-refractivity contribution in [3.8, 4) is 5.75 Å². The zero-order chi connectivity index (χ0) is 27.6. The number of rotatable bonds is 8. The lowest BCUT2D eigenvalue weighted by Gasteiger charge is -2.40. The molecule has 0 saturated carbocycles. The van der Waals surface area contributed by atoms with Crippen LogP contribution in [0.3, 0.4) is 0 Å². The fraction of sp³-hybridized carbons (Fsp3) is 0.667. The zero-order valence-corrected chi connectivity index (χ0v) is 24.0. The smallest absolute Gasteiger partial charge is 0.248 e. The van der Waals surface area contributed by atoms with Crippen LogP contribution in [0.2, 0.25) is 0 Å². The molecule has 0 bridgehead atoms. The van der Waals surface area contributed by atoms with Crippen LogP contribution in [0.15, 0.2) is 23.4 Å². The first-order valence-electron chi connectivity index (χ1n) is 13.9. The summed E-state index contributed by atoms with van der Waals surface area (Å²) in [6.07, 6.45) is 5.94. The van der Waals surface area contributed by atoms with Crippen LogP contribution in [0.5, 0.6) is 5.75 Å². The molecule has 5 rings (SSSR count). The van der Waals surface area contributed by atoms with Crippen LogP contribution < -0.4 is 4.74 Å². The Labute approximate surface area is 231 Å². The lowest BCUT2D eigenvalue weighted by Crippen LogP contribution is -2.50. The molecule has 4 heterocycles. The predicted molar refractivity (Wildman–Crippen MR) is 145 cm³/mol. The van der Waals surface area contributed by atoms with Gasteiger partial charge >= 0.3 is 0 Å². The van der Waals surface area contributed by atoms with Gasteiger partial charge in [-0.2, -0.15) is 9.40 Å². The molecule has 2 saturated heterocycles. The van der Waals surface area contributed by atoms with Gasteiger partial charge in [-0.15, -0.1) is 0 Å². The minimum absolute atomic E-state index is 0.0253. The number of carbonyl (C=O) groups excluding carboxylic acids is 1. The highest BCUT2D eigenvalue weighted by molar-refractivity contribution is 7.89. The fourth-order valence-electron chi connectivity index (χ4n) is 6.26. The fourth-order valence-corrected chi connectivity index (χ4v) is 8.35. The highest BCUT2D eigenvalue weighted by Gasteiger charge is 2.36. The van der Waals surface area contributed by atoms with Gasteiger partial charge in [-0.25, -0.2) is 18.1 Å². The maximum Gasteiger partial charge on any atom is 0.248 e. The Hall–Kier alpha value is -2.54. The molecule has 0 N–H and O–H groups in total. The summed E-state index contributed by atoms with van der Waals surface area (Å²) in [5, 5.41) is 4.25. The summed E-state index contributed by atoms with van der Waals surface area (Å²) in [4.78, 5) is 21.9. The molecule has 11 nitrogen and oxygen atoms in total. The van der Waals surface area contributed by atoms with Crippen LogP contribution in [-0.4, -0.2) is 102 Å². The van der Waals surface area contributed by atoms with Gasteiger partial charge in [-0.1, -0.05) is 6.42 Å². The third-order valence-corrected chi connectivity index (χ3v) is 10.6. The highest BCUT2D eigenvalue weighted by Crippen LogP contribution is 2.32. The molecule has 1 amide bonds. The van der Waals surface area contributed by atoms with Crippen molar-refractivity contribution in [3.63, 3.8) is 0 Å². The molecule has 12 heteroatoms. The van der Waals surface area contributed by atoms with Crippen molar-refractivity contribution < 1.29 is 22.7 Å². The van der Waals surface area contributed by atoms with Gasteiger partial charge in [0.2, 0.25) is 15.9 Å². The average molecular weight is 561 g/mol. The minimum Gasteiger partial charge on any atom is -0.497 e. The van der Waals surface area contributed by atoms with Gasteiger partial charge < -0.3 is 14.4 Å². The number of carbonyl (C=O) groups is 1. The molecular weight excluding hydrogens is 520 g/mol. The van der Waals surface area contributed by atoms with Crippen molar-refractivity contribution in [1.29, 1.82) is 0 Å². The number of piperidine rings is 2. The summed E-state index contributed by atoms with van der Waals surface area (Å²) in [6.45, 7) is 8.27. The molecule has 214 valence electrons. The predicted octanol–water partition coefficient (Wildman–Crippen LogP) is 1.97. The number of fused-ring (bicyclic) bond motifs is 1. The number of amides is 1. The number of aromatic nitrogens is 3. The number of likely N-dealkylation sites (tertiary alicyclic amines) is 1. The third kappa shape index (κ3) is 5.98. The second kappa shape index (κ2) is 11.9. The normalized spacial score (nSPS) is 21.6. The van der Waals surface area contributed by atoms with Crippen molar-refractivity contribution in [2.24, 2.45) is 0 Å². The average Bonchev–Trinajstić information content (AvgIpc) is 3.41. The number of methoxy groups -OCH3 is 1. The monoisotopic (exact) mass is 560 g/mol. The minimum atomic E-state index is -3.71. The van der Waals surface area contributed by atoms with Crippen molar-refractivity contribution in [2.75, 3.05) is 46.5 Å². The summed E-state index contributed by atoms with van der Waals surface area (Å²) < 4.78 is 42.2. The lowest BCUT2D eigenvalue weighted by molar-refractivity contribution is -0.138. The summed E-state index contributed by atoms with van der Waals surface area (Å²) in [5.74, 6) is 1.62. The molecule has 39 heavy (non-hydrogen) atoms. The SMILES string of the molecule is COc1cc(C)c(S(=O)(=O)N2CCCCC2COCC(=O)N2CCC(N3CCn4ncnc4C3)CC2)c(C)c1. The van der Waals surface area contributed by atoms with Gasteiger partial charge in [0, 0.05) is 38.3 Å². The zero-order valence-electron chi connectivity index (χ0n) is 23.2. The van der Waals surface area contributed by atoms with Crippen LogP contribution in [0.25, 0.3) is 0 Å². The topological polar surface area (TPSA) is 110 Å². The largest absolute Gasteiger partial charge is 0.497 e. The first kappa shape index (κ1) is 28.0. The number of sulfonamides is 1. The van der Waals surface area contributed by atoms with Gasteiger partial charge in [0.05, 0.1) is 31.7 Å². The molecule has 1 aromatic heterocycles. The molecule has 1 aromatic carbocycles. The number of benzene rings is 1. The van der Waals surface area contributed by atoms with E-state index in [-0.39, 0.29) is 25.2 Å². The Morgan fingerprint density at radius 1 is 1.03 bits per heavy atom. The number of hydrogen-bond acceptors (Lipinski definition) is 8. The maximum atomic E-state index is 13.7. The Bertz CT molecular complexity index is 1250. The molecule has 1 atom stereocenters. The quantitative estimate of drug-likeness (QED) is 0.482. The maximum absolute atomic E-state index is 13.7. The second-order valence-electron chi connectivity index (χ2n) is 10.9. The summed E-state index contributed by atoms with van der Waals surface area (Å²) in [7, 11) is -2.14. The van der Waals surface area contributed by atoms with Crippen molar-refractivity contribution in [2.45, 2.75) is 76.0 Å². The molecule has 3 aliphatic rings. The van der Waals surface area contributed by atoms with Crippen molar-refractivity contribution in [1.82, 2.24) is 28.9 Å². The molecule has 2 fully saturated rings. The molecule has 0 spiro atoms. The Balaban J connectivity index is 1.13. The van der Waals surface area contributed by atoms with Gasteiger partial charge in [0.25, 0.3) is 0 Å². The Morgan fingerprint density at radius 3 is 2.49 bits per heavy atom. The Morgan fingerprint density at radius 2 is 1.77 bits per heavy atom. The van der Waals surface area contributed by atoms with Gasteiger partial charge in [-0.05, 0) is 62.8 Å². The number of aryl methyl sites for hydroxylation is 2. The van der Waals surface area contributed by atoms with Gasteiger partial charge in [0.1, 0.15) is 24.5 Å².